The molecule has 10 heavy (non-hydrogen) atoms. The third kappa shape index (κ3) is 1.27. The monoisotopic (exact) mass is 134 g/mol. The van der Waals surface area contributed by atoms with Crippen LogP contribution in [0.1, 0.15) is 5.56 Å². The van der Waals surface area contributed by atoms with Crippen molar-refractivity contribution >= 4 is 11.8 Å². The molecule has 0 aliphatic carbocycles. The van der Waals surface area contributed by atoms with Gasteiger partial charge in [-0.15, -0.1) is 0 Å². The minimum Gasteiger partial charge on any atom is -0.264 e. The highest BCUT2D eigenvalue weighted by Crippen LogP contribution is 2.13. The van der Waals surface area contributed by atoms with E-state index in [4.69, 9.17) is 0 Å². The SMILES string of the molecule is Cc1cnccc1N=C=O. The largest absolute Gasteiger partial charge is 0.264 e. The van der Waals surface area contributed by atoms with Crippen molar-refractivity contribution in [2.75, 3.05) is 0 Å². The molecule has 50 valence electrons. The molecule has 0 aliphatic rings. The molecule has 1 aromatic heterocycles. The van der Waals surface area contributed by atoms with Gasteiger partial charge in [0, 0.05) is 12.4 Å². The molecule has 0 spiro atoms. The van der Waals surface area contributed by atoms with Gasteiger partial charge in [0.1, 0.15) is 0 Å². The van der Waals surface area contributed by atoms with Gasteiger partial charge in [0.2, 0.25) is 6.08 Å². The van der Waals surface area contributed by atoms with E-state index in [1.54, 1.807) is 18.5 Å². The van der Waals surface area contributed by atoms with Gasteiger partial charge < -0.3 is 0 Å². The predicted molar refractivity (Wildman–Crippen MR) is 36.8 cm³/mol. The zero-order chi connectivity index (χ0) is 7.40. The summed E-state index contributed by atoms with van der Waals surface area (Å²) >= 11 is 0. The molecule has 0 radical (unpaired) electrons. The van der Waals surface area contributed by atoms with Crippen molar-refractivity contribution in [2.24, 2.45) is 4.99 Å². The highest BCUT2D eigenvalue weighted by molar-refractivity contribution is 5.51. The number of hydrogen-bond acceptors (Lipinski definition) is 3. The second-order valence-electron chi connectivity index (χ2n) is 1.87. The van der Waals surface area contributed by atoms with Crippen molar-refractivity contribution in [1.82, 2.24) is 4.98 Å². The third-order valence-corrected chi connectivity index (χ3v) is 1.16. The van der Waals surface area contributed by atoms with Crippen molar-refractivity contribution in [3.05, 3.63) is 24.0 Å². The van der Waals surface area contributed by atoms with Gasteiger partial charge in [-0.1, -0.05) is 0 Å². The maximum Gasteiger partial charge on any atom is 0.240 e. The van der Waals surface area contributed by atoms with Crippen LogP contribution < -0.4 is 0 Å². The second-order valence-corrected chi connectivity index (χ2v) is 1.87. The minimum absolute atomic E-state index is 0.630. The summed E-state index contributed by atoms with van der Waals surface area (Å²) in [6.45, 7) is 1.84. The number of isocyanates is 1. The van der Waals surface area contributed by atoms with Crippen LogP contribution in [0.2, 0.25) is 0 Å². The lowest BCUT2D eigenvalue weighted by atomic mass is 10.3. The van der Waals surface area contributed by atoms with Crippen molar-refractivity contribution in [1.29, 1.82) is 0 Å². The van der Waals surface area contributed by atoms with Gasteiger partial charge in [0.05, 0.1) is 5.69 Å². The minimum atomic E-state index is 0.630. The second kappa shape index (κ2) is 2.90. The summed E-state index contributed by atoms with van der Waals surface area (Å²) in [5.41, 5.74) is 1.51. The molecule has 0 saturated heterocycles. The first-order valence-electron chi connectivity index (χ1n) is 2.83. The normalized spacial score (nSPS) is 8.50. The van der Waals surface area contributed by atoms with Crippen LogP contribution in [0.5, 0.6) is 0 Å². The van der Waals surface area contributed by atoms with Gasteiger partial charge >= 0.3 is 0 Å². The number of carbonyl (C=O) groups excluding carboxylic acids is 1. The summed E-state index contributed by atoms with van der Waals surface area (Å²) in [6, 6.07) is 1.67. The lowest BCUT2D eigenvalue weighted by molar-refractivity contribution is 0.565. The topological polar surface area (TPSA) is 42.3 Å². The Kier molecular flexibility index (Phi) is 1.92. The summed E-state index contributed by atoms with van der Waals surface area (Å²) in [6.07, 6.45) is 4.71. The molecule has 0 amide bonds. The maximum atomic E-state index is 9.81. The molecule has 0 aromatic carbocycles. The number of aryl methyl sites for hydroxylation is 1. The van der Waals surface area contributed by atoms with Gasteiger partial charge in [-0.2, -0.15) is 4.99 Å². The van der Waals surface area contributed by atoms with E-state index in [0.29, 0.717) is 5.69 Å². The molecule has 0 fully saturated rings. The quantitative estimate of drug-likeness (QED) is 0.430. The highest BCUT2D eigenvalue weighted by atomic mass is 16.1. The van der Waals surface area contributed by atoms with Crippen molar-refractivity contribution in [3.63, 3.8) is 0 Å². The maximum absolute atomic E-state index is 9.81. The molecule has 1 aromatic rings. The van der Waals surface area contributed by atoms with E-state index in [9.17, 15) is 4.79 Å². The standard InChI is InChI=1S/C7H6N2O/c1-6-4-8-3-2-7(6)9-5-10/h2-4H,1H3. The molecule has 0 N–H and O–H groups in total. The first-order chi connectivity index (χ1) is 4.84. The fourth-order valence-corrected chi connectivity index (χ4v) is 0.641. The first kappa shape index (κ1) is 6.65. The predicted octanol–water partition coefficient (Wildman–Crippen LogP) is 1.36. The van der Waals surface area contributed by atoms with Gasteiger partial charge in [0.15, 0.2) is 0 Å². The molecule has 0 atom stereocenters. The van der Waals surface area contributed by atoms with E-state index in [1.807, 2.05) is 6.92 Å². The lowest BCUT2D eigenvalue weighted by Crippen LogP contribution is -1.74. The number of pyridine rings is 1. The zero-order valence-electron chi connectivity index (χ0n) is 5.53. The van der Waals surface area contributed by atoms with Crippen LogP contribution in [0, 0.1) is 6.92 Å². The number of rotatable bonds is 1. The average Bonchev–Trinajstić information content (AvgIpc) is 1.94. The van der Waals surface area contributed by atoms with E-state index in [1.165, 1.54) is 6.08 Å². The van der Waals surface area contributed by atoms with Crippen LogP contribution in [0.3, 0.4) is 0 Å². The van der Waals surface area contributed by atoms with Gasteiger partial charge in [-0.3, -0.25) is 4.98 Å². The Morgan fingerprint density at radius 1 is 1.70 bits per heavy atom. The summed E-state index contributed by atoms with van der Waals surface area (Å²) in [7, 11) is 0. The fourth-order valence-electron chi connectivity index (χ4n) is 0.641. The molecule has 0 aliphatic heterocycles. The van der Waals surface area contributed by atoms with E-state index in [0.717, 1.165) is 5.56 Å². The van der Waals surface area contributed by atoms with Gasteiger partial charge in [0.25, 0.3) is 0 Å². The molecule has 1 heterocycles. The fraction of sp³-hybridized carbons (Fsp3) is 0.143. The van der Waals surface area contributed by atoms with E-state index in [-0.39, 0.29) is 0 Å². The third-order valence-electron chi connectivity index (χ3n) is 1.16. The Morgan fingerprint density at radius 3 is 3.10 bits per heavy atom. The average molecular weight is 134 g/mol. The smallest absolute Gasteiger partial charge is 0.240 e. The molecule has 3 heteroatoms. The highest BCUT2D eigenvalue weighted by Gasteiger charge is 1.91. The number of hydrogen-bond donors (Lipinski definition) is 0. The summed E-state index contributed by atoms with van der Waals surface area (Å²) in [5, 5.41) is 0. The van der Waals surface area contributed by atoms with Crippen LogP contribution in [-0.2, 0) is 4.79 Å². The molecule has 0 unspecified atom stereocenters. The van der Waals surface area contributed by atoms with E-state index in [2.05, 4.69) is 9.98 Å². The zero-order valence-corrected chi connectivity index (χ0v) is 5.53. The van der Waals surface area contributed by atoms with Crippen LogP contribution in [-0.4, -0.2) is 11.1 Å². The Morgan fingerprint density at radius 2 is 2.50 bits per heavy atom. The van der Waals surface area contributed by atoms with Gasteiger partial charge in [-0.05, 0) is 18.6 Å². The van der Waals surface area contributed by atoms with E-state index >= 15 is 0 Å². The van der Waals surface area contributed by atoms with Gasteiger partial charge in [-0.25, -0.2) is 4.79 Å². The van der Waals surface area contributed by atoms with Crippen LogP contribution in [0.4, 0.5) is 5.69 Å². The molecule has 3 nitrogen and oxygen atoms in total. The van der Waals surface area contributed by atoms with Crippen LogP contribution in [0.25, 0.3) is 0 Å². The van der Waals surface area contributed by atoms with Crippen LogP contribution >= 0.6 is 0 Å². The molecule has 0 bridgehead atoms. The number of aromatic nitrogens is 1. The summed E-state index contributed by atoms with van der Waals surface area (Å²) in [5.74, 6) is 0. The molecular formula is C7H6N2O. The van der Waals surface area contributed by atoms with Crippen molar-refractivity contribution in [2.45, 2.75) is 6.92 Å². The molecule has 0 saturated carbocycles. The molecular weight excluding hydrogens is 128 g/mol. The van der Waals surface area contributed by atoms with Crippen molar-refractivity contribution < 1.29 is 4.79 Å². The van der Waals surface area contributed by atoms with Crippen LogP contribution in [0.15, 0.2) is 23.5 Å². The Labute approximate surface area is 58.4 Å². The Hall–Kier alpha value is -1.47. The first-order valence-corrected chi connectivity index (χ1v) is 2.83. The number of nitrogens with zero attached hydrogens (tertiary/aromatic N) is 2. The molecule has 1 rings (SSSR count). The summed E-state index contributed by atoms with van der Waals surface area (Å²) in [4.78, 5) is 17.1. The Balaban J connectivity index is 3.14. The number of aliphatic imine (C=N–C) groups is 1. The summed E-state index contributed by atoms with van der Waals surface area (Å²) < 4.78 is 0. The van der Waals surface area contributed by atoms with E-state index < -0.39 is 0 Å². The van der Waals surface area contributed by atoms with Crippen molar-refractivity contribution in [3.8, 4) is 0 Å². The lowest BCUT2D eigenvalue weighted by Gasteiger charge is -1.92. The Bertz CT molecular complexity index is 277.